The highest BCUT2D eigenvalue weighted by Gasteiger charge is 2.13. The molecule has 0 saturated carbocycles. The molecule has 0 aliphatic rings. The molecule has 0 aliphatic carbocycles. The highest BCUT2D eigenvalue weighted by molar-refractivity contribution is 5.99. The number of fused-ring (bicyclic) bond motifs is 1. The fourth-order valence-corrected chi connectivity index (χ4v) is 3.49. The number of rotatable bonds is 8. The van der Waals surface area contributed by atoms with Crippen molar-refractivity contribution in [3.8, 4) is 17.0 Å². The summed E-state index contributed by atoms with van der Waals surface area (Å²) in [7, 11) is 0. The molecule has 164 valence electrons. The SMILES string of the molecule is CCOc1cc(-c2ccc(C)nc2)nc2cc(C(=O)NCCCc3[nH]nnc3C)ccc12. The summed E-state index contributed by atoms with van der Waals surface area (Å²) in [4.78, 5) is 21.9. The monoisotopic (exact) mass is 430 g/mol. The van der Waals surface area contributed by atoms with Crippen molar-refractivity contribution in [3.05, 3.63) is 65.2 Å². The molecule has 1 aromatic carbocycles. The number of aromatic amines is 1. The lowest BCUT2D eigenvalue weighted by molar-refractivity contribution is 0.0953. The lowest BCUT2D eigenvalue weighted by atomic mass is 10.1. The third-order valence-corrected chi connectivity index (χ3v) is 5.25. The number of hydrogen-bond acceptors (Lipinski definition) is 6. The molecule has 8 nitrogen and oxygen atoms in total. The van der Waals surface area contributed by atoms with Crippen molar-refractivity contribution in [1.82, 2.24) is 30.7 Å². The first kappa shape index (κ1) is 21.4. The predicted molar refractivity (Wildman–Crippen MR) is 123 cm³/mol. The standard InChI is InChI=1S/C24H26N6O2/c1-4-32-23-13-21(18-8-7-15(2)26-14-18)27-22-12-17(9-10-19(22)23)24(31)25-11-5-6-20-16(3)28-30-29-20/h7-10,12-14H,4-6,11H2,1-3H3,(H,25,31)(H,28,29,30). The predicted octanol–water partition coefficient (Wildman–Crippen LogP) is 3.79. The first-order chi connectivity index (χ1) is 15.5. The fourth-order valence-electron chi connectivity index (χ4n) is 3.49. The quantitative estimate of drug-likeness (QED) is 0.412. The van der Waals surface area contributed by atoms with Crippen LogP contribution in [0.5, 0.6) is 5.75 Å². The number of nitrogens with zero attached hydrogens (tertiary/aromatic N) is 4. The Bertz CT molecular complexity index is 1230. The largest absolute Gasteiger partial charge is 0.493 e. The molecular weight excluding hydrogens is 404 g/mol. The van der Waals surface area contributed by atoms with Gasteiger partial charge >= 0.3 is 0 Å². The Kier molecular flexibility index (Phi) is 6.39. The molecule has 0 fully saturated rings. The van der Waals surface area contributed by atoms with Gasteiger partial charge in [0.05, 0.1) is 29.2 Å². The van der Waals surface area contributed by atoms with E-state index in [1.165, 1.54) is 0 Å². The number of benzene rings is 1. The summed E-state index contributed by atoms with van der Waals surface area (Å²) in [5.41, 5.74) is 5.76. The zero-order valence-electron chi connectivity index (χ0n) is 18.5. The second-order valence-corrected chi connectivity index (χ2v) is 7.59. The van der Waals surface area contributed by atoms with Crippen LogP contribution in [0.3, 0.4) is 0 Å². The van der Waals surface area contributed by atoms with Crippen LogP contribution in [-0.2, 0) is 6.42 Å². The van der Waals surface area contributed by atoms with Gasteiger partial charge in [-0.2, -0.15) is 0 Å². The Morgan fingerprint density at radius 2 is 2.03 bits per heavy atom. The average Bonchev–Trinajstić information content (AvgIpc) is 3.21. The van der Waals surface area contributed by atoms with Crippen LogP contribution in [-0.4, -0.2) is 44.4 Å². The molecule has 0 unspecified atom stereocenters. The molecular formula is C24H26N6O2. The van der Waals surface area contributed by atoms with Crippen LogP contribution in [0.4, 0.5) is 0 Å². The number of aryl methyl sites for hydroxylation is 3. The number of carbonyl (C=O) groups is 1. The Morgan fingerprint density at radius 3 is 2.75 bits per heavy atom. The van der Waals surface area contributed by atoms with E-state index in [0.717, 1.165) is 52.3 Å². The molecule has 2 N–H and O–H groups in total. The number of H-pyrrole nitrogens is 1. The maximum atomic E-state index is 12.7. The zero-order chi connectivity index (χ0) is 22.5. The van der Waals surface area contributed by atoms with Crippen LogP contribution in [0.2, 0.25) is 0 Å². The molecule has 8 heteroatoms. The van der Waals surface area contributed by atoms with Crippen LogP contribution < -0.4 is 10.1 Å². The fraction of sp³-hybridized carbons (Fsp3) is 0.292. The van der Waals surface area contributed by atoms with Crippen LogP contribution in [0, 0.1) is 13.8 Å². The molecule has 0 aliphatic heterocycles. The van der Waals surface area contributed by atoms with Gasteiger partial charge in [-0.05, 0) is 63.9 Å². The van der Waals surface area contributed by atoms with Crippen molar-refractivity contribution >= 4 is 16.8 Å². The van der Waals surface area contributed by atoms with E-state index in [-0.39, 0.29) is 5.91 Å². The van der Waals surface area contributed by atoms with Gasteiger partial charge in [0.25, 0.3) is 5.91 Å². The van der Waals surface area contributed by atoms with Crippen LogP contribution in [0.25, 0.3) is 22.2 Å². The van der Waals surface area contributed by atoms with Gasteiger partial charge in [-0.25, -0.2) is 4.98 Å². The molecule has 0 spiro atoms. The van der Waals surface area contributed by atoms with Crippen LogP contribution >= 0.6 is 0 Å². The summed E-state index contributed by atoms with van der Waals surface area (Å²) in [6.45, 7) is 6.90. The number of nitrogens with one attached hydrogen (secondary N) is 2. The minimum atomic E-state index is -0.131. The van der Waals surface area contributed by atoms with E-state index in [9.17, 15) is 4.79 Å². The van der Waals surface area contributed by atoms with Gasteiger partial charge < -0.3 is 10.1 Å². The van der Waals surface area contributed by atoms with E-state index in [1.54, 1.807) is 18.3 Å². The van der Waals surface area contributed by atoms with Gasteiger partial charge in [-0.3, -0.25) is 14.9 Å². The molecule has 0 bridgehead atoms. The van der Waals surface area contributed by atoms with Crippen LogP contribution in [0.1, 0.15) is 40.8 Å². The Balaban J connectivity index is 1.54. The third kappa shape index (κ3) is 4.74. The summed E-state index contributed by atoms with van der Waals surface area (Å²) in [5, 5.41) is 14.5. The van der Waals surface area contributed by atoms with Crippen molar-refractivity contribution in [1.29, 1.82) is 0 Å². The molecule has 0 atom stereocenters. The molecule has 4 aromatic rings. The van der Waals surface area contributed by atoms with Crippen molar-refractivity contribution in [2.45, 2.75) is 33.6 Å². The molecule has 32 heavy (non-hydrogen) atoms. The van der Waals surface area contributed by atoms with Gasteiger partial charge in [-0.15, -0.1) is 5.10 Å². The Labute approximate surface area is 186 Å². The first-order valence-electron chi connectivity index (χ1n) is 10.7. The van der Waals surface area contributed by atoms with Gasteiger partial charge in [0.2, 0.25) is 0 Å². The normalized spacial score (nSPS) is 11.0. The topological polar surface area (TPSA) is 106 Å². The van der Waals surface area contributed by atoms with Gasteiger partial charge in [0, 0.05) is 41.0 Å². The smallest absolute Gasteiger partial charge is 0.251 e. The Morgan fingerprint density at radius 1 is 1.16 bits per heavy atom. The molecule has 0 radical (unpaired) electrons. The van der Waals surface area contributed by atoms with E-state index in [0.29, 0.717) is 24.2 Å². The van der Waals surface area contributed by atoms with Crippen molar-refractivity contribution in [3.63, 3.8) is 0 Å². The zero-order valence-corrected chi connectivity index (χ0v) is 18.5. The van der Waals surface area contributed by atoms with E-state index in [1.807, 2.05) is 45.0 Å². The van der Waals surface area contributed by atoms with Crippen molar-refractivity contribution < 1.29 is 9.53 Å². The average molecular weight is 431 g/mol. The van der Waals surface area contributed by atoms with E-state index in [2.05, 4.69) is 25.7 Å². The number of carbonyl (C=O) groups excluding carboxylic acids is 1. The molecule has 3 heterocycles. The number of amides is 1. The summed E-state index contributed by atoms with van der Waals surface area (Å²) in [6, 6.07) is 11.4. The minimum absolute atomic E-state index is 0.131. The summed E-state index contributed by atoms with van der Waals surface area (Å²) >= 11 is 0. The lowest BCUT2D eigenvalue weighted by Crippen LogP contribution is -2.24. The molecule has 3 aromatic heterocycles. The van der Waals surface area contributed by atoms with Gasteiger partial charge in [0.1, 0.15) is 5.75 Å². The number of hydrogen-bond donors (Lipinski definition) is 2. The minimum Gasteiger partial charge on any atom is -0.493 e. The third-order valence-electron chi connectivity index (χ3n) is 5.25. The summed E-state index contributed by atoms with van der Waals surface area (Å²) in [6.07, 6.45) is 3.37. The number of ether oxygens (including phenoxy) is 1. The van der Waals surface area contributed by atoms with Gasteiger partial charge in [-0.1, -0.05) is 5.21 Å². The van der Waals surface area contributed by atoms with E-state index < -0.39 is 0 Å². The van der Waals surface area contributed by atoms with Crippen molar-refractivity contribution in [2.24, 2.45) is 0 Å². The highest BCUT2D eigenvalue weighted by atomic mass is 16.5. The second kappa shape index (κ2) is 9.55. The molecule has 4 rings (SSSR count). The maximum Gasteiger partial charge on any atom is 0.251 e. The van der Waals surface area contributed by atoms with Gasteiger partial charge in [0.15, 0.2) is 0 Å². The highest BCUT2D eigenvalue weighted by Crippen LogP contribution is 2.30. The van der Waals surface area contributed by atoms with E-state index in [4.69, 9.17) is 9.72 Å². The lowest BCUT2D eigenvalue weighted by Gasteiger charge is -2.12. The van der Waals surface area contributed by atoms with Crippen LogP contribution in [0.15, 0.2) is 42.6 Å². The summed E-state index contributed by atoms with van der Waals surface area (Å²) in [5.74, 6) is 0.608. The summed E-state index contributed by atoms with van der Waals surface area (Å²) < 4.78 is 5.86. The number of pyridine rings is 2. The second-order valence-electron chi connectivity index (χ2n) is 7.59. The van der Waals surface area contributed by atoms with E-state index >= 15 is 0 Å². The molecule has 0 saturated heterocycles. The Hall–Kier alpha value is -3.81. The maximum absolute atomic E-state index is 12.7. The first-order valence-corrected chi connectivity index (χ1v) is 10.7. The number of aromatic nitrogens is 5. The molecule has 1 amide bonds. The van der Waals surface area contributed by atoms with Crippen molar-refractivity contribution in [2.75, 3.05) is 13.2 Å².